The highest BCUT2D eigenvalue weighted by Crippen LogP contribution is 2.36. The van der Waals surface area contributed by atoms with Crippen LogP contribution < -0.4 is 0 Å². The number of rotatable bonds is 0. The minimum atomic E-state index is -0.438. The number of esters is 1. The van der Waals surface area contributed by atoms with Crippen LogP contribution in [0.25, 0.3) is 0 Å². The van der Waals surface area contributed by atoms with Gasteiger partial charge >= 0.3 is 5.97 Å². The summed E-state index contributed by atoms with van der Waals surface area (Å²) in [4.78, 5) is 11.2. The van der Waals surface area contributed by atoms with Gasteiger partial charge < -0.3 is 9.84 Å². The standard InChI is InChI=1S/C10H14O3/c1-6-9-7(11)4-2-3-5-8(9)13-10(6)12/h7-9,11H,1-5H2/t7-,8+,9-/m1/s1. The summed E-state index contributed by atoms with van der Waals surface area (Å²) in [5, 5.41) is 9.75. The predicted octanol–water partition coefficient (Wildman–Crippen LogP) is 1.02. The number of carbonyl (C=O) groups excluding carboxylic acids is 1. The molecule has 13 heavy (non-hydrogen) atoms. The van der Waals surface area contributed by atoms with E-state index in [4.69, 9.17) is 4.74 Å². The largest absolute Gasteiger partial charge is 0.458 e. The highest BCUT2D eigenvalue weighted by molar-refractivity contribution is 5.90. The number of aliphatic hydroxyl groups is 1. The molecular weight excluding hydrogens is 168 g/mol. The lowest BCUT2D eigenvalue weighted by molar-refractivity contribution is -0.139. The Balaban J connectivity index is 2.22. The monoisotopic (exact) mass is 182 g/mol. The maximum Gasteiger partial charge on any atom is 0.334 e. The van der Waals surface area contributed by atoms with Gasteiger partial charge in [0.2, 0.25) is 0 Å². The molecule has 3 atom stereocenters. The Kier molecular flexibility index (Phi) is 2.12. The SMILES string of the molecule is C=C1C(=O)O[C@H]2CCCC[C@@H](O)[C@@H]12. The van der Waals surface area contributed by atoms with E-state index >= 15 is 0 Å². The van der Waals surface area contributed by atoms with Crippen molar-refractivity contribution in [2.75, 3.05) is 0 Å². The molecule has 3 nitrogen and oxygen atoms in total. The van der Waals surface area contributed by atoms with E-state index in [1.54, 1.807) is 0 Å². The molecule has 2 fully saturated rings. The highest BCUT2D eigenvalue weighted by atomic mass is 16.6. The van der Waals surface area contributed by atoms with Crippen molar-refractivity contribution in [2.24, 2.45) is 5.92 Å². The summed E-state index contributed by atoms with van der Waals surface area (Å²) in [7, 11) is 0. The lowest BCUT2D eigenvalue weighted by Crippen LogP contribution is -2.26. The Morgan fingerprint density at radius 2 is 2.08 bits per heavy atom. The van der Waals surface area contributed by atoms with E-state index in [1.165, 1.54) is 0 Å². The lowest BCUT2D eigenvalue weighted by atomic mass is 9.90. The quantitative estimate of drug-likeness (QED) is 0.449. The van der Waals surface area contributed by atoms with Gasteiger partial charge in [-0.1, -0.05) is 13.0 Å². The Bertz CT molecular complexity index is 247. The van der Waals surface area contributed by atoms with E-state index < -0.39 is 6.10 Å². The minimum absolute atomic E-state index is 0.113. The molecule has 1 aliphatic heterocycles. The molecule has 1 heterocycles. The Morgan fingerprint density at radius 1 is 1.38 bits per heavy atom. The number of hydrogen-bond donors (Lipinski definition) is 1. The van der Waals surface area contributed by atoms with Crippen LogP contribution in [-0.2, 0) is 9.53 Å². The van der Waals surface area contributed by atoms with E-state index in [1.807, 2.05) is 0 Å². The molecule has 0 spiro atoms. The predicted molar refractivity (Wildman–Crippen MR) is 47.0 cm³/mol. The van der Waals surface area contributed by atoms with E-state index in [0.717, 1.165) is 25.7 Å². The summed E-state index contributed by atoms with van der Waals surface area (Å²) in [5.74, 6) is -0.467. The fraction of sp³-hybridized carbons (Fsp3) is 0.700. The van der Waals surface area contributed by atoms with E-state index in [0.29, 0.717) is 5.57 Å². The second-order valence-electron chi connectivity index (χ2n) is 3.85. The van der Waals surface area contributed by atoms with Gasteiger partial charge in [-0.3, -0.25) is 0 Å². The molecule has 1 saturated carbocycles. The number of carbonyl (C=O) groups is 1. The van der Waals surface area contributed by atoms with Crippen molar-refractivity contribution in [3.05, 3.63) is 12.2 Å². The van der Waals surface area contributed by atoms with Crippen molar-refractivity contribution < 1.29 is 14.6 Å². The Morgan fingerprint density at radius 3 is 2.85 bits per heavy atom. The third-order valence-corrected chi connectivity index (χ3v) is 2.98. The highest BCUT2D eigenvalue weighted by Gasteiger charge is 2.43. The lowest BCUT2D eigenvalue weighted by Gasteiger charge is -2.18. The number of aliphatic hydroxyl groups excluding tert-OH is 1. The smallest absolute Gasteiger partial charge is 0.334 e. The molecule has 0 radical (unpaired) electrons. The zero-order valence-corrected chi connectivity index (χ0v) is 7.53. The molecule has 3 heteroatoms. The van der Waals surface area contributed by atoms with Gasteiger partial charge in [-0.25, -0.2) is 4.79 Å². The van der Waals surface area contributed by atoms with Gasteiger partial charge in [0.15, 0.2) is 0 Å². The van der Waals surface area contributed by atoms with Crippen LogP contribution in [0.1, 0.15) is 25.7 Å². The van der Waals surface area contributed by atoms with Crippen molar-refractivity contribution in [3.63, 3.8) is 0 Å². The molecule has 2 aliphatic rings. The fourth-order valence-corrected chi connectivity index (χ4v) is 2.24. The summed E-state index contributed by atoms with van der Waals surface area (Å²) in [6.45, 7) is 3.68. The van der Waals surface area contributed by atoms with Crippen molar-refractivity contribution in [3.8, 4) is 0 Å². The van der Waals surface area contributed by atoms with Crippen LogP contribution in [0.5, 0.6) is 0 Å². The topological polar surface area (TPSA) is 46.5 Å². The first-order valence-corrected chi connectivity index (χ1v) is 4.78. The van der Waals surface area contributed by atoms with Crippen molar-refractivity contribution in [1.29, 1.82) is 0 Å². The van der Waals surface area contributed by atoms with Gasteiger partial charge in [-0.05, 0) is 19.3 Å². The van der Waals surface area contributed by atoms with E-state index in [9.17, 15) is 9.90 Å². The fourth-order valence-electron chi connectivity index (χ4n) is 2.24. The first kappa shape index (κ1) is 8.75. The first-order valence-electron chi connectivity index (χ1n) is 4.78. The average Bonchev–Trinajstić information content (AvgIpc) is 2.29. The minimum Gasteiger partial charge on any atom is -0.458 e. The molecule has 0 aromatic rings. The molecular formula is C10H14O3. The summed E-state index contributed by atoms with van der Waals surface area (Å²) in [5.41, 5.74) is 0.458. The molecule has 72 valence electrons. The van der Waals surface area contributed by atoms with Gasteiger partial charge in [0.1, 0.15) is 6.10 Å². The van der Waals surface area contributed by atoms with Crippen LogP contribution in [-0.4, -0.2) is 23.3 Å². The summed E-state index contributed by atoms with van der Waals surface area (Å²) < 4.78 is 5.13. The summed E-state index contributed by atoms with van der Waals surface area (Å²) >= 11 is 0. The van der Waals surface area contributed by atoms with Gasteiger partial charge in [0.05, 0.1) is 12.0 Å². The molecule has 1 saturated heterocycles. The third kappa shape index (κ3) is 1.37. The van der Waals surface area contributed by atoms with Crippen molar-refractivity contribution in [1.82, 2.24) is 0 Å². The zero-order valence-electron chi connectivity index (χ0n) is 7.53. The molecule has 0 bridgehead atoms. The normalized spacial score (nSPS) is 39.6. The average molecular weight is 182 g/mol. The van der Waals surface area contributed by atoms with Crippen molar-refractivity contribution in [2.45, 2.75) is 37.9 Å². The molecule has 0 unspecified atom stereocenters. The Hall–Kier alpha value is -0.830. The summed E-state index contributed by atoms with van der Waals surface area (Å²) in [6.07, 6.45) is 3.12. The summed E-state index contributed by atoms with van der Waals surface area (Å²) in [6, 6.07) is 0. The number of ether oxygens (including phenoxy) is 1. The maximum atomic E-state index is 11.2. The molecule has 1 N–H and O–H groups in total. The van der Waals surface area contributed by atoms with Crippen LogP contribution in [0.15, 0.2) is 12.2 Å². The van der Waals surface area contributed by atoms with Gasteiger partial charge in [0.25, 0.3) is 0 Å². The third-order valence-electron chi connectivity index (χ3n) is 2.98. The van der Waals surface area contributed by atoms with Crippen LogP contribution in [0.2, 0.25) is 0 Å². The van der Waals surface area contributed by atoms with E-state index in [2.05, 4.69) is 6.58 Å². The van der Waals surface area contributed by atoms with E-state index in [-0.39, 0.29) is 18.0 Å². The molecule has 0 amide bonds. The van der Waals surface area contributed by atoms with Gasteiger partial charge in [0, 0.05) is 5.57 Å². The molecule has 0 aromatic carbocycles. The van der Waals surface area contributed by atoms with Gasteiger partial charge in [-0.2, -0.15) is 0 Å². The second-order valence-corrected chi connectivity index (χ2v) is 3.85. The second kappa shape index (κ2) is 3.14. The zero-order chi connectivity index (χ0) is 9.42. The Labute approximate surface area is 77.4 Å². The van der Waals surface area contributed by atoms with Crippen LogP contribution in [0.3, 0.4) is 0 Å². The van der Waals surface area contributed by atoms with Gasteiger partial charge in [-0.15, -0.1) is 0 Å². The van der Waals surface area contributed by atoms with Crippen LogP contribution >= 0.6 is 0 Å². The number of hydrogen-bond acceptors (Lipinski definition) is 3. The maximum absolute atomic E-state index is 11.2. The van der Waals surface area contributed by atoms with Crippen LogP contribution in [0.4, 0.5) is 0 Å². The molecule has 0 aromatic heterocycles. The first-order chi connectivity index (χ1) is 6.20. The molecule has 2 rings (SSSR count). The number of fused-ring (bicyclic) bond motifs is 1. The molecule has 1 aliphatic carbocycles. The van der Waals surface area contributed by atoms with Crippen molar-refractivity contribution >= 4 is 5.97 Å². The van der Waals surface area contributed by atoms with Crippen LogP contribution in [0, 0.1) is 5.92 Å².